The fraction of sp³-hybridized carbons (Fsp3) is 0.0714. The van der Waals surface area contributed by atoms with Gasteiger partial charge in [0.2, 0.25) is 0 Å². The van der Waals surface area contributed by atoms with E-state index in [1.807, 2.05) is 36.6 Å². The molecule has 2 heterocycles. The van der Waals surface area contributed by atoms with Crippen molar-refractivity contribution in [1.29, 1.82) is 0 Å². The van der Waals surface area contributed by atoms with E-state index in [-0.39, 0.29) is 5.91 Å². The zero-order valence-electron chi connectivity index (χ0n) is 9.66. The molecule has 1 amide bonds. The van der Waals surface area contributed by atoms with E-state index >= 15 is 0 Å². The Kier molecular flexibility index (Phi) is 2.73. The van der Waals surface area contributed by atoms with Crippen LogP contribution in [0.2, 0.25) is 5.02 Å². The van der Waals surface area contributed by atoms with Gasteiger partial charge in [-0.15, -0.1) is 11.3 Å². The van der Waals surface area contributed by atoms with E-state index in [9.17, 15) is 4.79 Å². The number of amides is 1. The summed E-state index contributed by atoms with van der Waals surface area (Å²) in [5.41, 5.74) is 3.55. The molecule has 0 fully saturated rings. The lowest BCUT2D eigenvalue weighted by molar-refractivity contribution is -0.110. The lowest BCUT2D eigenvalue weighted by Gasteiger charge is -1.99. The fourth-order valence-corrected chi connectivity index (χ4v) is 3.00. The van der Waals surface area contributed by atoms with E-state index in [1.165, 1.54) is 5.56 Å². The molecule has 0 saturated carbocycles. The van der Waals surface area contributed by atoms with Crippen LogP contribution in [-0.4, -0.2) is 5.91 Å². The van der Waals surface area contributed by atoms with Crippen molar-refractivity contribution in [2.45, 2.75) is 6.92 Å². The van der Waals surface area contributed by atoms with Crippen LogP contribution in [0.3, 0.4) is 0 Å². The molecule has 0 unspecified atom stereocenters. The van der Waals surface area contributed by atoms with Gasteiger partial charge in [-0.2, -0.15) is 0 Å². The van der Waals surface area contributed by atoms with Crippen molar-refractivity contribution in [3.8, 4) is 0 Å². The number of anilines is 1. The van der Waals surface area contributed by atoms with Gasteiger partial charge in [-0.25, -0.2) is 0 Å². The first-order valence-electron chi connectivity index (χ1n) is 5.52. The van der Waals surface area contributed by atoms with Gasteiger partial charge in [-0.1, -0.05) is 11.6 Å². The number of thiophene rings is 1. The second-order valence-electron chi connectivity index (χ2n) is 4.17. The van der Waals surface area contributed by atoms with E-state index in [4.69, 9.17) is 11.6 Å². The van der Waals surface area contributed by atoms with Crippen molar-refractivity contribution in [3.05, 3.63) is 50.7 Å². The molecule has 2 nitrogen and oxygen atoms in total. The fourth-order valence-electron chi connectivity index (χ4n) is 1.97. The van der Waals surface area contributed by atoms with E-state index in [2.05, 4.69) is 5.32 Å². The van der Waals surface area contributed by atoms with Crippen molar-refractivity contribution in [2.75, 3.05) is 5.32 Å². The normalized spacial score (nSPS) is 15.9. The maximum Gasteiger partial charge on any atom is 0.256 e. The zero-order chi connectivity index (χ0) is 12.7. The largest absolute Gasteiger partial charge is 0.321 e. The molecule has 0 spiro atoms. The van der Waals surface area contributed by atoms with Crippen LogP contribution in [0, 0.1) is 6.92 Å². The second-order valence-corrected chi connectivity index (χ2v) is 5.55. The molecular formula is C14H10ClNOS. The van der Waals surface area contributed by atoms with Gasteiger partial charge in [0.15, 0.2) is 0 Å². The van der Waals surface area contributed by atoms with Crippen molar-refractivity contribution < 1.29 is 4.79 Å². The number of benzene rings is 1. The van der Waals surface area contributed by atoms with Crippen molar-refractivity contribution in [3.63, 3.8) is 0 Å². The lowest BCUT2D eigenvalue weighted by Crippen LogP contribution is -2.03. The first kappa shape index (κ1) is 11.5. The van der Waals surface area contributed by atoms with E-state index in [0.717, 1.165) is 16.1 Å². The summed E-state index contributed by atoms with van der Waals surface area (Å²) in [6.07, 6.45) is 1.93. The number of hydrogen-bond acceptors (Lipinski definition) is 2. The summed E-state index contributed by atoms with van der Waals surface area (Å²) < 4.78 is 0. The molecule has 0 radical (unpaired) electrons. The Morgan fingerprint density at radius 1 is 1.33 bits per heavy atom. The maximum absolute atomic E-state index is 12.0. The number of carbonyl (C=O) groups excluding carboxylic acids is 1. The van der Waals surface area contributed by atoms with Crippen LogP contribution >= 0.6 is 22.9 Å². The summed E-state index contributed by atoms with van der Waals surface area (Å²) in [7, 11) is 0. The number of carbonyl (C=O) groups is 1. The summed E-state index contributed by atoms with van der Waals surface area (Å²) in [5.74, 6) is -0.0694. The number of aryl methyl sites for hydroxylation is 1. The number of rotatable bonds is 1. The molecule has 0 saturated heterocycles. The first-order valence-corrected chi connectivity index (χ1v) is 6.78. The highest BCUT2D eigenvalue weighted by molar-refractivity contribution is 7.11. The predicted molar refractivity (Wildman–Crippen MR) is 77.0 cm³/mol. The minimum Gasteiger partial charge on any atom is -0.321 e. The Balaban J connectivity index is 2.14. The Hall–Kier alpha value is -1.58. The van der Waals surface area contributed by atoms with Gasteiger partial charge < -0.3 is 5.32 Å². The molecule has 1 aliphatic heterocycles. The van der Waals surface area contributed by atoms with Crippen LogP contribution in [0.4, 0.5) is 5.69 Å². The van der Waals surface area contributed by atoms with Gasteiger partial charge in [0.1, 0.15) is 0 Å². The van der Waals surface area contributed by atoms with Gasteiger partial charge in [0.05, 0.1) is 5.57 Å². The Morgan fingerprint density at radius 3 is 2.89 bits per heavy atom. The average molecular weight is 276 g/mol. The third kappa shape index (κ3) is 1.85. The molecule has 3 rings (SSSR count). The van der Waals surface area contributed by atoms with Crippen LogP contribution in [-0.2, 0) is 4.79 Å². The molecule has 0 atom stereocenters. The van der Waals surface area contributed by atoms with Gasteiger partial charge >= 0.3 is 0 Å². The zero-order valence-corrected chi connectivity index (χ0v) is 11.2. The third-order valence-corrected chi connectivity index (χ3v) is 4.14. The standard InChI is InChI=1S/C14H10ClNOS/c1-8-4-5-18-13(8)7-11-10-6-9(15)2-3-12(10)16-14(11)17/h2-7H,1H3,(H,16,17)/b11-7+. The third-order valence-electron chi connectivity index (χ3n) is 2.94. The van der Waals surface area contributed by atoms with Crippen LogP contribution in [0.15, 0.2) is 29.6 Å². The molecule has 4 heteroatoms. The molecule has 18 heavy (non-hydrogen) atoms. The Labute approximate surface area is 114 Å². The minimum absolute atomic E-state index is 0.0694. The molecule has 1 aromatic heterocycles. The summed E-state index contributed by atoms with van der Waals surface area (Å²) in [5, 5.41) is 5.50. The number of hydrogen-bond donors (Lipinski definition) is 1. The summed E-state index contributed by atoms with van der Waals surface area (Å²) in [6, 6.07) is 7.48. The predicted octanol–water partition coefficient (Wildman–Crippen LogP) is 4.20. The summed E-state index contributed by atoms with van der Waals surface area (Å²) in [4.78, 5) is 13.1. The SMILES string of the molecule is Cc1ccsc1/C=C1/C(=O)Nc2ccc(Cl)cc21. The molecule has 1 N–H and O–H groups in total. The first-order chi connectivity index (χ1) is 8.65. The maximum atomic E-state index is 12.0. The molecule has 1 aromatic carbocycles. The number of nitrogens with one attached hydrogen (secondary N) is 1. The second kappa shape index (κ2) is 4.26. The van der Waals surface area contributed by atoms with Crippen molar-refractivity contribution in [1.82, 2.24) is 0 Å². The molecule has 0 aliphatic carbocycles. The van der Waals surface area contributed by atoms with Gasteiger partial charge in [-0.05, 0) is 48.2 Å². The minimum atomic E-state index is -0.0694. The van der Waals surface area contributed by atoms with Crippen LogP contribution in [0.25, 0.3) is 11.6 Å². The van der Waals surface area contributed by atoms with Gasteiger partial charge in [0, 0.05) is 21.2 Å². The topological polar surface area (TPSA) is 29.1 Å². The summed E-state index contributed by atoms with van der Waals surface area (Å²) in [6.45, 7) is 2.04. The van der Waals surface area contributed by atoms with E-state index in [0.29, 0.717) is 10.6 Å². The molecule has 90 valence electrons. The number of fused-ring (bicyclic) bond motifs is 1. The monoisotopic (exact) mass is 275 g/mol. The van der Waals surface area contributed by atoms with Gasteiger partial charge in [0.25, 0.3) is 5.91 Å². The highest BCUT2D eigenvalue weighted by atomic mass is 35.5. The molecular weight excluding hydrogens is 266 g/mol. The van der Waals surface area contributed by atoms with Crippen LogP contribution in [0.5, 0.6) is 0 Å². The average Bonchev–Trinajstić information content (AvgIpc) is 2.86. The van der Waals surface area contributed by atoms with Crippen molar-refractivity contribution in [2.24, 2.45) is 0 Å². The van der Waals surface area contributed by atoms with Crippen LogP contribution < -0.4 is 5.32 Å². The Bertz CT molecular complexity index is 672. The Morgan fingerprint density at radius 2 is 2.17 bits per heavy atom. The van der Waals surface area contributed by atoms with E-state index in [1.54, 1.807) is 17.4 Å². The van der Waals surface area contributed by atoms with Crippen molar-refractivity contribution >= 4 is 46.2 Å². The molecule has 2 aromatic rings. The van der Waals surface area contributed by atoms with E-state index < -0.39 is 0 Å². The van der Waals surface area contributed by atoms with Crippen LogP contribution in [0.1, 0.15) is 16.0 Å². The summed E-state index contributed by atoms with van der Waals surface area (Å²) >= 11 is 7.61. The molecule has 1 aliphatic rings. The molecule has 0 bridgehead atoms. The highest BCUT2D eigenvalue weighted by Crippen LogP contribution is 2.35. The number of halogens is 1. The quantitative estimate of drug-likeness (QED) is 0.777. The van der Waals surface area contributed by atoms with Gasteiger partial charge in [-0.3, -0.25) is 4.79 Å². The lowest BCUT2D eigenvalue weighted by atomic mass is 10.1. The smallest absolute Gasteiger partial charge is 0.256 e. The highest BCUT2D eigenvalue weighted by Gasteiger charge is 2.24.